The number of hydrogen-bond acceptors (Lipinski definition) is 7. The number of fused-ring (bicyclic) bond motifs is 3. The number of aromatic nitrogens is 1. The van der Waals surface area contributed by atoms with E-state index in [0.717, 1.165) is 22.4 Å². The van der Waals surface area contributed by atoms with Crippen molar-refractivity contribution in [2.75, 3.05) is 26.5 Å². The van der Waals surface area contributed by atoms with E-state index < -0.39 is 18.5 Å². The van der Waals surface area contributed by atoms with Crippen LogP contribution in [0.25, 0.3) is 22.6 Å². The lowest BCUT2D eigenvalue weighted by Crippen LogP contribution is -2.38. The molecule has 36 heavy (non-hydrogen) atoms. The third kappa shape index (κ3) is 4.72. The van der Waals surface area contributed by atoms with Crippen LogP contribution in [0.15, 0.2) is 42.5 Å². The van der Waals surface area contributed by atoms with Crippen molar-refractivity contribution in [2.45, 2.75) is 19.8 Å². The Labute approximate surface area is 207 Å². The largest absolute Gasteiger partial charge is 0.454 e. The highest BCUT2D eigenvalue weighted by Crippen LogP contribution is 2.39. The predicted octanol–water partition coefficient (Wildman–Crippen LogP) is 2.86. The molecule has 0 unspecified atom stereocenters. The number of carbonyl (C=O) groups is 3. The molecule has 1 aromatic heterocycles. The maximum atomic E-state index is 13.2. The van der Waals surface area contributed by atoms with Gasteiger partial charge in [-0.1, -0.05) is 24.3 Å². The Bertz CT molecular complexity index is 1400. The van der Waals surface area contributed by atoms with E-state index in [0.29, 0.717) is 47.4 Å². The fourth-order valence-corrected chi connectivity index (χ4v) is 4.41. The molecule has 0 saturated heterocycles. The van der Waals surface area contributed by atoms with E-state index >= 15 is 0 Å². The van der Waals surface area contributed by atoms with Crippen LogP contribution >= 0.6 is 0 Å². The lowest BCUT2D eigenvalue weighted by Gasteiger charge is -2.12. The van der Waals surface area contributed by atoms with Crippen LogP contribution in [0.3, 0.4) is 0 Å². The molecule has 9 nitrogen and oxygen atoms in total. The minimum Gasteiger partial charge on any atom is -0.454 e. The Morgan fingerprint density at radius 3 is 2.72 bits per heavy atom. The maximum absolute atomic E-state index is 13.2. The van der Waals surface area contributed by atoms with Crippen molar-refractivity contribution in [1.82, 2.24) is 15.6 Å². The summed E-state index contributed by atoms with van der Waals surface area (Å²) in [6.07, 6.45) is 3.37. The molecule has 184 valence electrons. The number of para-hydroxylation sites is 1. The molecule has 3 aromatic rings. The molecule has 2 N–H and O–H groups in total. The number of esters is 1. The molecule has 0 spiro atoms. The zero-order valence-electron chi connectivity index (χ0n) is 19.8. The molecule has 0 radical (unpaired) electrons. The highest BCUT2D eigenvalue weighted by molar-refractivity contribution is 6.07. The van der Waals surface area contributed by atoms with E-state index in [1.54, 1.807) is 6.92 Å². The van der Waals surface area contributed by atoms with Crippen LogP contribution in [0.1, 0.15) is 40.5 Å². The number of rotatable bonds is 7. The van der Waals surface area contributed by atoms with Crippen molar-refractivity contribution < 1.29 is 28.6 Å². The molecule has 1 aliphatic heterocycles. The maximum Gasteiger partial charge on any atom is 0.339 e. The van der Waals surface area contributed by atoms with Gasteiger partial charge in [0.25, 0.3) is 5.91 Å². The second kappa shape index (κ2) is 10.1. The standard InChI is InChI=1S/C27H25N3O6/c1-2-28-23(31)13-29-24(32)14-34-27(33)25-18-5-3-4-6-20(18)30-26-17(8-9-19(25)26)11-16-7-10-21-22(12-16)36-15-35-21/h3-7,10-12H,2,8-9,13-15H2,1H3,(H,28,31)(H,29,32)/b17-11-. The van der Waals surface area contributed by atoms with Crippen LogP contribution in [-0.4, -0.2) is 49.3 Å². The number of carbonyl (C=O) groups excluding carboxylic acids is 3. The second-order valence-corrected chi connectivity index (χ2v) is 8.42. The fraction of sp³-hybridized carbons (Fsp3) is 0.259. The lowest BCUT2D eigenvalue weighted by molar-refractivity contribution is -0.127. The minimum atomic E-state index is -0.595. The van der Waals surface area contributed by atoms with E-state index in [2.05, 4.69) is 10.6 Å². The third-order valence-electron chi connectivity index (χ3n) is 6.04. The number of allylic oxidation sites excluding steroid dienone is 1. The van der Waals surface area contributed by atoms with E-state index in [1.165, 1.54) is 0 Å². The first-order valence-electron chi connectivity index (χ1n) is 11.8. The van der Waals surface area contributed by atoms with Crippen molar-refractivity contribution in [3.63, 3.8) is 0 Å². The summed E-state index contributed by atoms with van der Waals surface area (Å²) in [4.78, 5) is 41.7. The summed E-state index contributed by atoms with van der Waals surface area (Å²) in [7, 11) is 0. The van der Waals surface area contributed by atoms with Gasteiger partial charge >= 0.3 is 5.97 Å². The number of nitrogens with zero attached hydrogens (tertiary/aromatic N) is 1. The van der Waals surface area contributed by atoms with Gasteiger partial charge in [-0.2, -0.15) is 0 Å². The number of ether oxygens (including phenoxy) is 3. The van der Waals surface area contributed by atoms with Crippen LogP contribution in [0.5, 0.6) is 11.5 Å². The summed E-state index contributed by atoms with van der Waals surface area (Å²) in [5.41, 5.74) is 4.59. The van der Waals surface area contributed by atoms with Crippen molar-refractivity contribution in [3.8, 4) is 11.5 Å². The first-order chi connectivity index (χ1) is 17.5. The topological polar surface area (TPSA) is 116 Å². The van der Waals surface area contributed by atoms with Gasteiger partial charge in [0.1, 0.15) is 0 Å². The molecule has 2 heterocycles. The average Bonchev–Trinajstić information content (AvgIpc) is 3.51. The summed E-state index contributed by atoms with van der Waals surface area (Å²) >= 11 is 0. The van der Waals surface area contributed by atoms with Gasteiger partial charge in [0.2, 0.25) is 12.7 Å². The highest BCUT2D eigenvalue weighted by atomic mass is 16.7. The Kier molecular flexibility index (Phi) is 6.53. The quantitative estimate of drug-likeness (QED) is 0.493. The van der Waals surface area contributed by atoms with Crippen molar-refractivity contribution in [1.29, 1.82) is 0 Å². The predicted molar refractivity (Wildman–Crippen MR) is 132 cm³/mol. The Hall–Kier alpha value is -4.40. The molecule has 0 saturated carbocycles. The van der Waals surface area contributed by atoms with Gasteiger partial charge in [0, 0.05) is 11.9 Å². The Morgan fingerprint density at radius 1 is 1.03 bits per heavy atom. The van der Waals surface area contributed by atoms with Crippen molar-refractivity contribution >= 4 is 40.3 Å². The van der Waals surface area contributed by atoms with E-state index in [9.17, 15) is 14.4 Å². The van der Waals surface area contributed by atoms with Gasteiger partial charge in [-0.25, -0.2) is 9.78 Å². The van der Waals surface area contributed by atoms with E-state index in [1.807, 2.05) is 48.5 Å². The van der Waals surface area contributed by atoms with Crippen molar-refractivity contribution in [2.24, 2.45) is 0 Å². The zero-order chi connectivity index (χ0) is 25.1. The van der Waals surface area contributed by atoms with Crippen LogP contribution in [-0.2, 0) is 20.7 Å². The zero-order valence-corrected chi connectivity index (χ0v) is 19.8. The Balaban J connectivity index is 1.40. The summed E-state index contributed by atoms with van der Waals surface area (Å²) in [6, 6.07) is 13.1. The molecule has 0 atom stereocenters. The number of amides is 2. The summed E-state index contributed by atoms with van der Waals surface area (Å²) < 4.78 is 16.2. The smallest absolute Gasteiger partial charge is 0.339 e. The molecule has 9 heteroatoms. The van der Waals surface area contributed by atoms with Gasteiger partial charge in [-0.15, -0.1) is 0 Å². The molecule has 2 aliphatic rings. The minimum absolute atomic E-state index is 0.175. The lowest BCUT2D eigenvalue weighted by atomic mass is 10.0. The van der Waals surface area contributed by atoms with Gasteiger partial charge in [-0.3, -0.25) is 9.59 Å². The SMILES string of the molecule is CCNC(=O)CNC(=O)COC(=O)c1c2c(nc3ccccc13)/C(=C\c1ccc3c(c1)OCO3)CC2. The van der Waals surface area contributed by atoms with Gasteiger partial charge in [-0.05, 0) is 60.7 Å². The molecule has 2 amide bonds. The monoisotopic (exact) mass is 487 g/mol. The molecular formula is C27H25N3O6. The van der Waals surface area contributed by atoms with Gasteiger partial charge in [0.15, 0.2) is 18.1 Å². The van der Waals surface area contributed by atoms with Gasteiger partial charge in [0.05, 0.1) is 23.3 Å². The second-order valence-electron chi connectivity index (χ2n) is 8.42. The number of hydrogen-bond donors (Lipinski definition) is 2. The van der Waals surface area contributed by atoms with Gasteiger partial charge < -0.3 is 24.8 Å². The molecule has 5 rings (SSSR count). The van der Waals surface area contributed by atoms with E-state index in [-0.39, 0.29) is 19.2 Å². The van der Waals surface area contributed by atoms with Crippen LogP contribution < -0.4 is 20.1 Å². The first kappa shape index (κ1) is 23.3. The summed E-state index contributed by atoms with van der Waals surface area (Å²) in [5, 5.41) is 5.71. The normalized spacial score (nSPS) is 14.5. The Morgan fingerprint density at radius 2 is 1.86 bits per heavy atom. The molecule has 2 aromatic carbocycles. The van der Waals surface area contributed by atoms with Crippen LogP contribution in [0, 0.1) is 0 Å². The third-order valence-corrected chi connectivity index (χ3v) is 6.04. The van der Waals surface area contributed by atoms with Crippen LogP contribution in [0.4, 0.5) is 0 Å². The number of likely N-dealkylation sites (N-methyl/N-ethyl adjacent to an activating group) is 1. The molecule has 0 bridgehead atoms. The van der Waals surface area contributed by atoms with Crippen molar-refractivity contribution in [3.05, 3.63) is 64.8 Å². The molecule has 0 fully saturated rings. The molecular weight excluding hydrogens is 462 g/mol. The van der Waals surface area contributed by atoms with E-state index in [4.69, 9.17) is 19.2 Å². The van der Waals surface area contributed by atoms with Crippen LogP contribution in [0.2, 0.25) is 0 Å². The number of pyridine rings is 1. The molecule has 1 aliphatic carbocycles. The first-order valence-corrected chi connectivity index (χ1v) is 11.8. The summed E-state index contributed by atoms with van der Waals surface area (Å²) in [6.45, 7) is 1.81. The fourth-order valence-electron chi connectivity index (χ4n) is 4.41. The summed E-state index contributed by atoms with van der Waals surface area (Å²) in [5.74, 6) is -0.0378. The highest BCUT2D eigenvalue weighted by Gasteiger charge is 2.28. The number of benzene rings is 2. The average molecular weight is 488 g/mol. The number of nitrogens with one attached hydrogen (secondary N) is 2.